The summed E-state index contributed by atoms with van der Waals surface area (Å²) in [5.41, 5.74) is 2.52. The number of aliphatic hydroxyl groups is 2. The highest BCUT2D eigenvalue weighted by molar-refractivity contribution is 5.47. The molecule has 5 aromatic carbocycles. The lowest BCUT2D eigenvalue weighted by atomic mass is 9.79. The van der Waals surface area contributed by atoms with E-state index in [0.29, 0.717) is 18.8 Å². The molecule has 0 aliphatic carbocycles. The smallest absolute Gasteiger partial charge is 0.130 e. The highest BCUT2D eigenvalue weighted by Crippen LogP contribution is 2.44. The molecule has 49 heavy (non-hydrogen) atoms. The predicted octanol–water partition coefficient (Wildman–Crippen LogP) is 7.20. The number of nitrogens with zero attached hydrogens (tertiary/aromatic N) is 2. The van der Waals surface area contributed by atoms with E-state index in [2.05, 4.69) is 9.80 Å². The molecule has 2 fully saturated rings. The molecule has 0 spiro atoms. The Kier molecular flexibility index (Phi) is 9.57. The maximum atomic E-state index is 12.7. The molecule has 0 aromatic heterocycles. The molecule has 252 valence electrons. The van der Waals surface area contributed by atoms with Gasteiger partial charge in [-0.15, -0.1) is 0 Å². The van der Waals surface area contributed by atoms with E-state index in [1.807, 2.05) is 133 Å². The average molecular weight is 655 g/mol. The Bertz CT molecular complexity index is 1610. The number of rotatable bonds is 11. The summed E-state index contributed by atoms with van der Waals surface area (Å²) < 4.78 is 5.80. The maximum Gasteiger partial charge on any atom is 0.130 e. The molecule has 2 atom stereocenters. The Hall–Kier alpha value is -4.46. The second-order valence-corrected chi connectivity index (χ2v) is 13.5. The zero-order chi connectivity index (χ0) is 33.8. The van der Waals surface area contributed by atoms with E-state index in [-0.39, 0.29) is 17.8 Å². The van der Waals surface area contributed by atoms with Crippen LogP contribution in [0.2, 0.25) is 0 Å². The summed E-state index contributed by atoms with van der Waals surface area (Å²) in [5, 5.41) is 37.2. The van der Waals surface area contributed by atoms with Crippen molar-refractivity contribution in [3.8, 4) is 11.5 Å². The lowest BCUT2D eigenvalue weighted by Crippen LogP contribution is -2.48. The van der Waals surface area contributed by atoms with Gasteiger partial charge in [0.25, 0.3) is 0 Å². The normalized spacial score (nSPS) is 18.9. The van der Waals surface area contributed by atoms with Crippen LogP contribution < -0.4 is 4.74 Å². The minimum atomic E-state index is -1.22. The third kappa shape index (κ3) is 6.26. The van der Waals surface area contributed by atoms with Crippen molar-refractivity contribution in [2.45, 2.75) is 62.1 Å². The molecule has 5 aromatic rings. The van der Waals surface area contributed by atoms with Gasteiger partial charge in [-0.25, -0.2) is 0 Å². The minimum Gasteiger partial charge on any atom is -0.507 e. The summed E-state index contributed by atoms with van der Waals surface area (Å²) in [6.45, 7) is 2.52. The number of aromatic hydroxyl groups is 1. The number of phenols is 1. The summed E-state index contributed by atoms with van der Waals surface area (Å²) in [5.74, 6) is 0.917. The van der Waals surface area contributed by atoms with Gasteiger partial charge in [0.1, 0.15) is 22.7 Å². The van der Waals surface area contributed by atoms with Crippen LogP contribution >= 0.6 is 0 Å². The molecule has 3 N–H and O–H groups in total. The van der Waals surface area contributed by atoms with Crippen LogP contribution in [-0.4, -0.2) is 57.4 Å². The van der Waals surface area contributed by atoms with Crippen LogP contribution in [0.1, 0.15) is 59.1 Å². The summed E-state index contributed by atoms with van der Waals surface area (Å²) in [6, 6.07) is 43.2. The van der Waals surface area contributed by atoms with Crippen molar-refractivity contribution in [3.63, 3.8) is 0 Å². The number of ether oxygens (including phenoxy) is 1. The summed E-state index contributed by atoms with van der Waals surface area (Å²) in [6.07, 6.45) is 3.53. The minimum absolute atomic E-state index is 0.193. The van der Waals surface area contributed by atoms with Gasteiger partial charge >= 0.3 is 0 Å². The van der Waals surface area contributed by atoms with E-state index in [4.69, 9.17) is 4.74 Å². The first-order valence-corrected chi connectivity index (χ1v) is 17.5. The molecular weight excluding hydrogens is 608 g/mol. The van der Waals surface area contributed by atoms with Gasteiger partial charge < -0.3 is 20.1 Å². The summed E-state index contributed by atoms with van der Waals surface area (Å²) in [4.78, 5) is 4.61. The number of methoxy groups -OCH3 is 1. The lowest BCUT2D eigenvalue weighted by Gasteiger charge is -2.41. The first-order chi connectivity index (χ1) is 23.9. The van der Waals surface area contributed by atoms with Gasteiger partial charge in [-0.3, -0.25) is 9.80 Å². The Balaban J connectivity index is 1.21. The molecule has 2 saturated heterocycles. The zero-order valence-corrected chi connectivity index (χ0v) is 28.2. The standard InChI is InChI=1S/C43H46N2O4/c1-49-38-28-32(30-44-26-14-24-39(44)42(47,34-16-6-2-7-17-34)35-18-8-3-9-19-35)41(46)33(29-38)31-45-27-15-25-40(45)43(48,36-20-10-4-11-21-36)37-22-12-5-13-23-37/h2-13,16-23,28-29,39-40,46-48H,14-15,24-27,30-31H2,1H3. The molecule has 6 nitrogen and oxygen atoms in total. The third-order valence-electron chi connectivity index (χ3n) is 10.8. The van der Waals surface area contributed by atoms with Crippen LogP contribution in [-0.2, 0) is 24.3 Å². The van der Waals surface area contributed by atoms with Gasteiger partial charge in [-0.05, 0) is 73.2 Å². The van der Waals surface area contributed by atoms with Crippen molar-refractivity contribution >= 4 is 0 Å². The van der Waals surface area contributed by atoms with Crippen molar-refractivity contribution < 1.29 is 20.1 Å². The lowest BCUT2D eigenvalue weighted by molar-refractivity contribution is -0.00736. The van der Waals surface area contributed by atoms with Crippen molar-refractivity contribution in [3.05, 3.63) is 167 Å². The Labute approximate surface area is 289 Å². The van der Waals surface area contributed by atoms with E-state index in [1.54, 1.807) is 7.11 Å². The fourth-order valence-electron chi connectivity index (χ4n) is 8.37. The Morgan fingerprint density at radius 2 is 0.898 bits per heavy atom. The first-order valence-electron chi connectivity index (χ1n) is 17.5. The van der Waals surface area contributed by atoms with Gasteiger partial charge in [0.15, 0.2) is 0 Å². The SMILES string of the molecule is COc1cc(CN2CCCC2C(O)(c2ccccc2)c2ccccc2)c(O)c(CN2CCCC2C(O)(c2ccccc2)c2ccccc2)c1. The molecule has 2 aliphatic rings. The molecule has 2 aliphatic heterocycles. The molecule has 0 bridgehead atoms. The van der Waals surface area contributed by atoms with Crippen LogP contribution in [0.3, 0.4) is 0 Å². The van der Waals surface area contributed by atoms with Crippen LogP contribution in [0.25, 0.3) is 0 Å². The van der Waals surface area contributed by atoms with Crippen molar-refractivity contribution in [2.24, 2.45) is 0 Å². The highest BCUT2D eigenvalue weighted by atomic mass is 16.5. The number of phenolic OH excluding ortho intramolecular Hbond substituents is 1. The fourth-order valence-corrected chi connectivity index (χ4v) is 8.37. The quantitative estimate of drug-likeness (QED) is 0.140. The van der Waals surface area contributed by atoms with Crippen LogP contribution in [0, 0.1) is 0 Å². The fraction of sp³-hybridized carbons (Fsp3) is 0.302. The topological polar surface area (TPSA) is 76.4 Å². The van der Waals surface area contributed by atoms with E-state index >= 15 is 0 Å². The molecular formula is C43H46N2O4. The molecule has 0 amide bonds. The van der Waals surface area contributed by atoms with E-state index in [9.17, 15) is 15.3 Å². The molecule has 6 heteroatoms. The van der Waals surface area contributed by atoms with Gasteiger partial charge in [0, 0.05) is 36.3 Å². The zero-order valence-electron chi connectivity index (χ0n) is 28.2. The highest BCUT2D eigenvalue weighted by Gasteiger charge is 2.47. The van der Waals surface area contributed by atoms with E-state index < -0.39 is 11.2 Å². The van der Waals surface area contributed by atoms with Crippen LogP contribution in [0.4, 0.5) is 0 Å². The molecule has 2 unspecified atom stereocenters. The Morgan fingerprint density at radius 3 is 1.20 bits per heavy atom. The van der Waals surface area contributed by atoms with Crippen LogP contribution in [0.5, 0.6) is 11.5 Å². The number of hydrogen-bond acceptors (Lipinski definition) is 6. The monoisotopic (exact) mass is 654 g/mol. The largest absolute Gasteiger partial charge is 0.507 e. The van der Waals surface area contributed by atoms with Crippen molar-refractivity contribution in [1.29, 1.82) is 0 Å². The van der Waals surface area contributed by atoms with Gasteiger partial charge in [0.2, 0.25) is 0 Å². The molecule has 2 heterocycles. The number of likely N-dealkylation sites (tertiary alicyclic amines) is 2. The maximum absolute atomic E-state index is 12.7. The van der Waals surface area contributed by atoms with Gasteiger partial charge in [-0.2, -0.15) is 0 Å². The van der Waals surface area contributed by atoms with Crippen molar-refractivity contribution in [2.75, 3.05) is 20.2 Å². The average Bonchev–Trinajstić information content (AvgIpc) is 3.84. The van der Waals surface area contributed by atoms with Gasteiger partial charge in [0.05, 0.1) is 7.11 Å². The second kappa shape index (κ2) is 14.2. The second-order valence-electron chi connectivity index (χ2n) is 13.5. The summed E-state index contributed by atoms with van der Waals surface area (Å²) in [7, 11) is 1.66. The van der Waals surface area contributed by atoms with Crippen LogP contribution in [0.15, 0.2) is 133 Å². The third-order valence-corrected chi connectivity index (χ3v) is 10.8. The number of benzene rings is 5. The van der Waals surface area contributed by atoms with E-state index in [1.165, 1.54) is 0 Å². The molecule has 0 saturated carbocycles. The van der Waals surface area contributed by atoms with E-state index in [0.717, 1.165) is 72.2 Å². The Morgan fingerprint density at radius 1 is 0.571 bits per heavy atom. The van der Waals surface area contributed by atoms with Gasteiger partial charge in [-0.1, -0.05) is 121 Å². The molecule has 0 radical (unpaired) electrons. The number of hydrogen-bond donors (Lipinski definition) is 3. The van der Waals surface area contributed by atoms with Crippen molar-refractivity contribution in [1.82, 2.24) is 9.80 Å². The first kappa shape index (κ1) is 33.1. The summed E-state index contributed by atoms with van der Waals surface area (Å²) >= 11 is 0. The molecule has 7 rings (SSSR count). The predicted molar refractivity (Wildman–Crippen MR) is 193 cm³/mol.